The highest BCUT2D eigenvalue weighted by Crippen LogP contribution is 2.19. The second-order valence-corrected chi connectivity index (χ2v) is 4.48. The molecule has 0 radical (unpaired) electrons. The van der Waals surface area contributed by atoms with Crippen molar-refractivity contribution in [3.8, 4) is 0 Å². The first-order chi connectivity index (χ1) is 8.86. The normalized spacial score (nSPS) is 11.2. The van der Waals surface area contributed by atoms with E-state index in [1.165, 1.54) is 10.9 Å². The van der Waals surface area contributed by atoms with Gasteiger partial charge in [0, 0.05) is 37.5 Å². The summed E-state index contributed by atoms with van der Waals surface area (Å²) >= 11 is 0. The van der Waals surface area contributed by atoms with E-state index in [2.05, 4.69) is 34.1 Å². The van der Waals surface area contributed by atoms with Crippen molar-refractivity contribution in [2.75, 3.05) is 13.2 Å². The number of aliphatic hydroxyl groups excluding tert-OH is 1. The van der Waals surface area contributed by atoms with Gasteiger partial charge in [0.2, 0.25) is 0 Å². The molecule has 4 nitrogen and oxygen atoms in total. The van der Waals surface area contributed by atoms with E-state index in [4.69, 9.17) is 5.11 Å². The van der Waals surface area contributed by atoms with Gasteiger partial charge in [0.1, 0.15) is 5.65 Å². The molecule has 0 fully saturated rings. The third-order valence-electron chi connectivity index (χ3n) is 3.02. The van der Waals surface area contributed by atoms with Crippen LogP contribution in [0.3, 0.4) is 0 Å². The van der Waals surface area contributed by atoms with Gasteiger partial charge in [-0.05, 0) is 37.1 Å². The predicted molar refractivity (Wildman–Crippen MR) is 73.4 cm³/mol. The molecule has 0 aliphatic heterocycles. The van der Waals surface area contributed by atoms with Gasteiger partial charge in [0.05, 0.1) is 0 Å². The molecule has 0 aliphatic carbocycles. The number of hydrogen-bond donors (Lipinski definition) is 2. The van der Waals surface area contributed by atoms with Crippen LogP contribution in [0, 0.1) is 0 Å². The van der Waals surface area contributed by atoms with Crippen LogP contribution in [0.15, 0.2) is 24.5 Å². The van der Waals surface area contributed by atoms with Crippen molar-refractivity contribution in [2.45, 2.75) is 32.9 Å². The molecule has 2 heterocycles. The minimum Gasteiger partial charge on any atom is -0.396 e. The highest BCUT2D eigenvalue weighted by atomic mass is 16.3. The summed E-state index contributed by atoms with van der Waals surface area (Å²) in [5.41, 5.74) is 2.30. The van der Waals surface area contributed by atoms with Gasteiger partial charge in [-0.2, -0.15) is 0 Å². The minimum atomic E-state index is 0.218. The maximum absolute atomic E-state index is 8.93. The monoisotopic (exact) mass is 247 g/mol. The van der Waals surface area contributed by atoms with Crippen LogP contribution < -0.4 is 5.32 Å². The number of nitrogens with one attached hydrogen (secondary N) is 1. The van der Waals surface area contributed by atoms with Crippen molar-refractivity contribution in [3.63, 3.8) is 0 Å². The number of rotatable bonds is 7. The second-order valence-electron chi connectivity index (χ2n) is 4.48. The molecule has 0 amide bonds. The third kappa shape index (κ3) is 2.89. The summed E-state index contributed by atoms with van der Waals surface area (Å²) in [6, 6.07) is 4.09. The Morgan fingerprint density at radius 1 is 1.44 bits per heavy atom. The summed E-state index contributed by atoms with van der Waals surface area (Å²) in [4.78, 5) is 4.44. The quantitative estimate of drug-likeness (QED) is 0.735. The topological polar surface area (TPSA) is 50.1 Å². The predicted octanol–water partition coefficient (Wildman–Crippen LogP) is 1.92. The lowest BCUT2D eigenvalue weighted by atomic mass is 10.2. The van der Waals surface area contributed by atoms with Crippen LogP contribution in [0.25, 0.3) is 11.0 Å². The highest BCUT2D eigenvalue weighted by Gasteiger charge is 2.08. The number of hydrogen-bond acceptors (Lipinski definition) is 3. The van der Waals surface area contributed by atoms with Gasteiger partial charge in [0.15, 0.2) is 0 Å². The fourth-order valence-electron chi connectivity index (χ4n) is 2.15. The summed E-state index contributed by atoms with van der Waals surface area (Å²) < 4.78 is 2.13. The zero-order chi connectivity index (χ0) is 12.8. The van der Waals surface area contributed by atoms with Gasteiger partial charge < -0.3 is 15.0 Å². The molecule has 2 N–H and O–H groups in total. The molecule has 0 saturated carbocycles. The third-order valence-corrected chi connectivity index (χ3v) is 3.02. The molecule has 0 aromatic carbocycles. The first-order valence-corrected chi connectivity index (χ1v) is 6.61. The van der Waals surface area contributed by atoms with E-state index in [9.17, 15) is 0 Å². The molecule has 4 heteroatoms. The van der Waals surface area contributed by atoms with Gasteiger partial charge in [-0.15, -0.1) is 0 Å². The smallest absolute Gasteiger partial charge is 0.140 e. The van der Waals surface area contributed by atoms with E-state index < -0.39 is 0 Å². The van der Waals surface area contributed by atoms with Crippen LogP contribution in [0.4, 0.5) is 0 Å². The number of fused-ring (bicyclic) bond motifs is 1. The molecule has 2 aromatic rings. The molecular weight excluding hydrogens is 226 g/mol. The Morgan fingerprint density at radius 2 is 2.33 bits per heavy atom. The summed E-state index contributed by atoms with van der Waals surface area (Å²) in [5, 5.41) is 13.6. The second kappa shape index (κ2) is 6.52. The Kier molecular flexibility index (Phi) is 4.73. The van der Waals surface area contributed by atoms with E-state index in [0.29, 0.717) is 0 Å². The van der Waals surface area contributed by atoms with Gasteiger partial charge in [-0.3, -0.25) is 0 Å². The number of aliphatic hydroxyl groups is 1. The van der Waals surface area contributed by atoms with Crippen LogP contribution in [0.5, 0.6) is 0 Å². The van der Waals surface area contributed by atoms with Crippen LogP contribution in [-0.4, -0.2) is 27.8 Å². The van der Waals surface area contributed by atoms with E-state index in [-0.39, 0.29) is 6.61 Å². The standard InChI is InChI=1S/C14H21N3O/c1-2-6-15-10-12-11-17(8-4-9-18)14-13(12)5-3-7-16-14/h3,5,7,11,15,18H,2,4,6,8-10H2,1H3. The van der Waals surface area contributed by atoms with Crippen molar-refractivity contribution in [1.29, 1.82) is 0 Å². The van der Waals surface area contributed by atoms with Gasteiger partial charge in [-0.1, -0.05) is 6.92 Å². The molecule has 98 valence electrons. The van der Waals surface area contributed by atoms with Gasteiger partial charge >= 0.3 is 0 Å². The largest absolute Gasteiger partial charge is 0.396 e. The molecular formula is C14H21N3O. The van der Waals surface area contributed by atoms with Crippen LogP contribution in [0.1, 0.15) is 25.3 Å². The maximum atomic E-state index is 8.93. The van der Waals surface area contributed by atoms with Gasteiger partial charge in [-0.25, -0.2) is 4.98 Å². The van der Waals surface area contributed by atoms with E-state index >= 15 is 0 Å². The van der Waals surface area contributed by atoms with E-state index in [1.54, 1.807) is 0 Å². The van der Waals surface area contributed by atoms with Crippen molar-refractivity contribution in [1.82, 2.24) is 14.9 Å². The average Bonchev–Trinajstić information content (AvgIpc) is 2.76. The Bertz CT molecular complexity index is 493. The van der Waals surface area contributed by atoms with Crippen LogP contribution in [0.2, 0.25) is 0 Å². The number of nitrogens with zero attached hydrogens (tertiary/aromatic N) is 2. The number of aromatic nitrogens is 2. The van der Waals surface area contributed by atoms with Crippen LogP contribution in [-0.2, 0) is 13.1 Å². The number of aryl methyl sites for hydroxylation is 1. The zero-order valence-corrected chi connectivity index (χ0v) is 10.9. The summed E-state index contributed by atoms with van der Waals surface area (Å²) in [5.74, 6) is 0. The van der Waals surface area contributed by atoms with Crippen molar-refractivity contribution >= 4 is 11.0 Å². The fraction of sp³-hybridized carbons (Fsp3) is 0.500. The highest BCUT2D eigenvalue weighted by molar-refractivity contribution is 5.80. The van der Waals surface area contributed by atoms with Crippen LogP contribution >= 0.6 is 0 Å². The molecule has 0 unspecified atom stereocenters. The summed E-state index contributed by atoms with van der Waals surface area (Å²) in [6.07, 6.45) is 5.88. The molecule has 2 rings (SSSR count). The summed E-state index contributed by atoms with van der Waals surface area (Å²) in [6.45, 7) is 5.11. The number of pyridine rings is 1. The van der Waals surface area contributed by atoms with Crippen molar-refractivity contribution in [2.24, 2.45) is 0 Å². The minimum absolute atomic E-state index is 0.218. The first-order valence-electron chi connectivity index (χ1n) is 6.61. The van der Waals surface area contributed by atoms with Gasteiger partial charge in [0.25, 0.3) is 0 Å². The fourth-order valence-corrected chi connectivity index (χ4v) is 2.15. The molecule has 0 saturated heterocycles. The molecule has 18 heavy (non-hydrogen) atoms. The average molecular weight is 247 g/mol. The van der Waals surface area contributed by atoms with E-state index in [1.807, 2.05) is 12.3 Å². The lowest BCUT2D eigenvalue weighted by molar-refractivity contribution is 0.280. The first kappa shape index (κ1) is 13.1. The Labute approximate surface area is 108 Å². The Hall–Kier alpha value is -1.39. The molecule has 0 spiro atoms. The van der Waals surface area contributed by atoms with E-state index in [0.717, 1.165) is 38.1 Å². The maximum Gasteiger partial charge on any atom is 0.140 e. The van der Waals surface area contributed by atoms with Crippen molar-refractivity contribution < 1.29 is 5.11 Å². The molecule has 0 atom stereocenters. The molecule has 2 aromatic heterocycles. The van der Waals surface area contributed by atoms with Crippen molar-refractivity contribution in [3.05, 3.63) is 30.1 Å². The molecule has 0 aliphatic rings. The summed E-state index contributed by atoms with van der Waals surface area (Å²) in [7, 11) is 0. The Morgan fingerprint density at radius 3 is 3.11 bits per heavy atom. The molecule has 0 bridgehead atoms. The SMILES string of the molecule is CCCNCc1cn(CCCO)c2ncccc12. The lowest BCUT2D eigenvalue weighted by Crippen LogP contribution is -2.13. The zero-order valence-electron chi connectivity index (χ0n) is 10.9. The Balaban J connectivity index is 2.23. The lowest BCUT2D eigenvalue weighted by Gasteiger charge is -2.01.